The molecule has 1 fully saturated rings. The van der Waals surface area contributed by atoms with Crippen LogP contribution in [0.4, 0.5) is 5.69 Å². The van der Waals surface area contributed by atoms with E-state index in [2.05, 4.69) is 5.32 Å². The monoisotopic (exact) mass is 380 g/mol. The second-order valence-electron chi connectivity index (χ2n) is 5.44. The third kappa shape index (κ3) is 4.25. The average Bonchev–Trinajstić information content (AvgIpc) is 3.28. The second kappa shape index (κ2) is 7.34. The molecule has 0 spiro atoms. The molecule has 1 atom stereocenters. The smallest absolute Gasteiger partial charge is 0.273 e. The third-order valence-electron chi connectivity index (χ3n) is 3.60. The van der Waals surface area contributed by atoms with Crippen LogP contribution in [0.1, 0.15) is 23.2 Å². The number of hydrogen-bond acceptors (Lipinski definition) is 6. The fraction of sp³-hybridized carbons (Fsp3) is 0.250. The molecule has 1 aliphatic heterocycles. The Morgan fingerprint density at radius 3 is 2.72 bits per heavy atom. The van der Waals surface area contributed by atoms with Crippen LogP contribution < -0.4 is 10.0 Å². The van der Waals surface area contributed by atoms with E-state index in [0.29, 0.717) is 18.7 Å². The number of carbonyl (C=O) groups excluding carboxylic acids is 2. The maximum absolute atomic E-state index is 12.2. The SMILES string of the molecule is O=C(NS(=O)(=O)c1cccs1)c1cccc(NC(=O)[C@H]2CCCO2)c1. The lowest BCUT2D eigenvalue weighted by atomic mass is 10.2. The van der Waals surface area contributed by atoms with Crippen molar-refractivity contribution in [3.63, 3.8) is 0 Å². The van der Waals surface area contributed by atoms with Crippen molar-refractivity contribution in [1.29, 1.82) is 0 Å². The summed E-state index contributed by atoms with van der Waals surface area (Å²) in [6, 6.07) is 9.09. The molecule has 2 N–H and O–H groups in total. The van der Waals surface area contributed by atoms with E-state index in [9.17, 15) is 18.0 Å². The normalized spacial score (nSPS) is 17.2. The predicted octanol–water partition coefficient (Wildman–Crippen LogP) is 1.98. The predicted molar refractivity (Wildman–Crippen MR) is 93.0 cm³/mol. The number of hydrogen-bond donors (Lipinski definition) is 2. The van der Waals surface area contributed by atoms with Crippen molar-refractivity contribution < 1.29 is 22.7 Å². The third-order valence-corrected chi connectivity index (χ3v) is 6.33. The maximum Gasteiger partial charge on any atom is 0.273 e. The molecule has 0 unspecified atom stereocenters. The highest BCUT2D eigenvalue weighted by atomic mass is 32.2. The first-order valence-electron chi connectivity index (χ1n) is 7.59. The molecule has 7 nitrogen and oxygen atoms in total. The van der Waals surface area contributed by atoms with Crippen LogP contribution >= 0.6 is 11.3 Å². The second-order valence-corrected chi connectivity index (χ2v) is 8.30. The molecular weight excluding hydrogens is 364 g/mol. The fourth-order valence-electron chi connectivity index (χ4n) is 2.39. The lowest BCUT2D eigenvalue weighted by molar-refractivity contribution is -0.124. The minimum atomic E-state index is -3.90. The Kier molecular flexibility index (Phi) is 5.16. The molecule has 2 amide bonds. The average molecular weight is 380 g/mol. The summed E-state index contributed by atoms with van der Waals surface area (Å²) >= 11 is 1.02. The molecule has 1 aromatic carbocycles. The number of thiophene rings is 1. The first kappa shape index (κ1) is 17.6. The van der Waals surface area contributed by atoms with E-state index in [4.69, 9.17) is 4.74 Å². The fourth-order valence-corrected chi connectivity index (χ4v) is 4.36. The van der Waals surface area contributed by atoms with Gasteiger partial charge >= 0.3 is 0 Å². The Hall–Kier alpha value is -2.23. The number of anilines is 1. The Morgan fingerprint density at radius 1 is 1.20 bits per heavy atom. The zero-order valence-electron chi connectivity index (χ0n) is 13.1. The van der Waals surface area contributed by atoms with Gasteiger partial charge in [-0.05, 0) is 42.5 Å². The molecule has 0 radical (unpaired) electrons. The molecule has 9 heteroatoms. The van der Waals surface area contributed by atoms with Gasteiger partial charge in [0.25, 0.3) is 21.8 Å². The molecule has 0 aliphatic carbocycles. The number of carbonyl (C=O) groups is 2. The maximum atomic E-state index is 12.2. The molecule has 132 valence electrons. The summed E-state index contributed by atoms with van der Waals surface area (Å²) < 4.78 is 31.6. The van der Waals surface area contributed by atoms with Crippen molar-refractivity contribution in [3.05, 3.63) is 47.3 Å². The molecule has 2 aromatic rings. The van der Waals surface area contributed by atoms with Crippen LogP contribution in [0.5, 0.6) is 0 Å². The summed E-state index contributed by atoms with van der Waals surface area (Å²) in [7, 11) is -3.90. The van der Waals surface area contributed by atoms with Crippen LogP contribution in [0.2, 0.25) is 0 Å². The van der Waals surface area contributed by atoms with Gasteiger partial charge in [-0.3, -0.25) is 9.59 Å². The molecule has 25 heavy (non-hydrogen) atoms. The highest BCUT2D eigenvalue weighted by Gasteiger charge is 2.24. The van der Waals surface area contributed by atoms with Gasteiger partial charge < -0.3 is 10.1 Å². The van der Waals surface area contributed by atoms with Gasteiger partial charge in [0.1, 0.15) is 10.3 Å². The van der Waals surface area contributed by atoms with Crippen molar-refractivity contribution >= 4 is 38.9 Å². The summed E-state index contributed by atoms with van der Waals surface area (Å²) in [6.45, 7) is 0.557. The van der Waals surface area contributed by atoms with Crippen molar-refractivity contribution in [2.24, 2.45) is 0 Å². The number of amides is 2. The molecule has 0 bridgehead atoms. The Labute approximate surface area is 149 Å². The van der Waals surface area contributed by atoms with Crippen LogP contribution in [0, 0.1) is 0 Å². The van der Waals surface area contributed by atoms with E-state index >= 15 is 0 Å². The summed E-state index contributed by atoms with van der Waals surface area (Å²) in [4.78, 5) is 24.3. The molecule has 1 saturated heterocycles. The van der Waals surface area contributed by atoms with Crippen molar-refractivity contribution in [2.75, 3.05) is 11.9 Å². The summed E-state index contributed by atoms with van der Waals surface area (Å²) in [6.07, 6.45) is 1.00. The first-order valence-corrected chi connectivity index (χ1v) is 9.95. The van der Waals surface area contributed by atoms with Gasteiger partial charge in [-0.25, -0.2) is 13.1 Å². The van der Waals surface area contributed by atoms with Gasteiger partial charge in [0.2, 0.25) is 0 Å². The van der Waals surface area contributed by atoms with Gasteiger partial charge in [0.05, 0.1) is 0 Å². The van der Waals surface area contributed by atoms with Crippen molar-refractivity contribution in [3.8, 4) is 0 Å². The summed E-state index contributed by atoms with van der Waals surface area (Å²) in [5.41, 5.74) is 0.534. The van der Waals surface area contributed by atoms with Crippen LogP contribution in [-0.4, -0.2) is 32.9 Å². The number of nitrogens with one attached hydrogen (secondary N) is 2. The molecule has 1 aliphatic rings. The first-order chi connectivity index (χ1) is 12.0. The molecule has 3 rings (SSSR count). The van der Waals surface area contributed by atoms with Crippen molar-refractivity contribution in [2.45, 2.75) is 23.2 Å². The molecule has 2 heterocycles. The summed E-state index contributed by atoms with van der Waals surface area (Å²) in [5.74, 6) is -1.04. The zero-order valence-corrected chi connectivity index (χ0v) is 14.7. The van der Waals surface area contributed by atoms with E-state index in [1.165, 1.54) is 18.2 Å². The highest BCUT2D eigenvalue weighted by molar-refractivity contribution is 7.92. The molecular formula is C16H16N2O5S2. The Morgan fingerprint density at radius 2 is 2.04 bits per heavy atom. The largest absolute Gasteiger partial charge is 0.368 e. The lowest BCUT2D eigenvalue weighted by Gasteiger charge is -2.11. The lowest BCUT2D eigenvalue weighted by Crippen LogP contribution is -2.30. The van der Waals surface area contributed by atoms with Crippen LogP contribution in [0.25, 0.3) is 0 Å². The number of rotatable bonds is 5. The number of ether oxygens (including phenoxy) is 1. The van der Waals surface area contributed by atoms with Crippen LogP contribution in [0.3, 0.4) is 0 Å². The Bertz CT molecular complexity index is 872. The Balaban J connectivity index is 1.70. The van der Waals surface area contributed by atoms with Crippen LogP contribution in [-0.2, 0) is 19.6 Å². The van der Waals surface area contributed by atoms with Gasteiger partial charge in [0, 0.05) is 17.9 Å². The minimum Gasteiger partial charge on any atom is -0.368 e. The zero-order chi connectivity index (χ0) is 17.9. The van der Waals surface area contributed by atoms with E-state index in [0.717, 1.165) is 17.8 Å². The van der Waals surface area contributed by atoms with Gasteiger partial charge in [-0.2, -0.15) is 0 Å². The number of benzene rings is 1. The van der Waals surface area contributed by atoms with E-state index < -0.39 is 22.0 Å². The van der Waals surface area contributed by atoms with E-state index in [1.807, 2.05) is 4.72 Å². The standard InChI is InChI=1S/C16H16N2O5S2/c19-15(18-25(21,22)14-7-3-9-24-14)11-4-1-5-12(10-11)17-16(20)13-6-2-8-23-13/h1,3-5,7,9-10,13H,2,6,8H2,(H,17,20)(H,18,19)/t13-/m1/s1. The molecule has 1 aromatic heterocycles. The summed E-state index contributed by atoms with van der Waals surface area (Å²) in [5, 5.41) is 4.29. The van der Waals surface area contributed by atoms with Crippen LogP contribution in [0.15, 0.2) is 46.0 Å². The van der Waals surface area contributed by atoms with Gasteiger partial charge in [-0.1, -0.05) is 12.1 Å². The molecule has 0 saturated carbocycles. The van der Waals surface area contributed by atoms with Gasteiger partial charge in [0.15, 0.2) is 0 Å². The van der Waals surface area contributed by atoms with Crippen molar-refractivity contribution in [1.82, 2.24) is 4.72 Å². The van der Waals surface area contributed by atoms with E-state index in [-0.39, 0.29) is 15.7 Å². The number of sulfonamides is 1. The topological polar surface area (TPSA) is 102 Å². The quantitative estimate of drug-likeness (QED) is 0.826. The van der Waals surface area contributed by atoms with E-state index in [1.54, 1.807) is 23.6 Å². The highest BCUT2D eigenvalue weighted by Crippen LogP contribution is 2.18. The van der Waals surface area contributed by atoms with Gasteiger partial charge in [-0.15, -0.1) is 11.3 Å². The minimum absolute atomic E-state index is 0.0590.